The van der Waals surface area contributed by atoms with Crippen LogP contribution in [0.15, 0.2) is 30.3 Å². The summed E-state index contributed by atoms with van der Waals surface area (Å²) in [6.07, 6.45) is 0. The molecule has 0 aliphatic heterocycles. The lowest BCUT2D eigenvalue weighted by Gasteiger charge is -2.49. The van der Waals surface area contributed by atoms with Crippen LogP contribution >= 0.6 is 0 Å². The lowest BCUT2D eigenvalue weighted by molar-refractivity contribution is -0.0507. The van der Waals surface area contributed by atoms with E-state index in [-0.39, 0.29) is 11.1 Å². The minimum absolute atomic E-state index is 0.343. The van der Waals surface area contributed by atoms with Crippen molar-refractivity contribution in [3.8, 4) is 0 Å². The van der Waals surface area contributed by atoms with E-state index in [1.165, 1.54) is 0 Å². The standard InChI is InChI=1S/C16H25F3O3SSi/c1-12(2)24(13(3)4,22-23(20,21)16(17,18)19)15(5,6)14-10-8-7-9-11-14/h7-13H,1-6H3. The average Bonchev–Trinajstić information content (AvgIpc) is 2.43. The molecule has 0 amide bonds. The highest BCUT2D eigenvalue weighted by molar-refractivity contribution is 7.88. The van der Waals surface area contributed by atoms with Gasteiger partial charge in [0.2, 0.25) is 8.32 Å². The van der Waals surface area contributed by atoms with Crippen LogP contribution in [0.25, 0.3) is 0 Å². The van der Waals surface area contributed by atoms with E-state index in [1.807, 2.05) is 0 Å². The average molecular weight is 383 g/mol. The van der Waals surface area contributed by atoms with E-state index in [0.29, 0.717) is 0 Å². The molecule has 0 radical (unpaired) electrons. The zero-order chi connectivity index (χ0) is 19.0. The molecule has 1 aromatic rings. The number of benzene rings is 1. The van der Waals surface area contributed by atoms with Crippen molar-refractivity contribution >= 4 is 18.4 Å². The molecule has 0 unspecified atom stereocenters. The van der Waals surface area contributed by atoms with E-state index in [1.54, 1.807) is 71.9 Å². The van der Waals surface area contributed by atoms with Crippen LogP contribution in [0, 0.1) is 0 Å². The van der Waals surface area contributed by atoms with Gasteiger partial charge in [-0.1, -0.05) is 71.9 Å². The molecular formula is C16H25F3O3SSi. The molecule has 138 valence electrons. The first kappa shape index (κ1) is 21.2. The zero-order valence-corrected chi connectivity index (χ0v) is 16.6. The molecule has 0 spiro atoms. The second-order valence-corrected chi connectivity index (χ2v) is 14.3. The van der Waals surface area contributed by atoms with E-state index < -0.39 is 29.0 Å². The maximum Gasteiger partial charge on any atom is 0.522 e. The molecular weight excluding hydrogens is 357 g/mol. The van der Waals surface area contributed by atoms with Crippen LogP contribution in [0.4, 0.5) is 13.2 Å². The summed E-state index contributed by atoms with van der Waals surface area (Å²) in [5.41, 5.74) is -5.34. The minimum Gasteiger partial charge on any atom is -0.306 e. The van der Waals surface area contributed by atoms with Crippen LogP contribution < -0.4 is 0 Å². The van der Waals surface area contributed by atoms with Crippen molar-refractivity contribution in [2.75, 3.05) is 0 Å². The van der Waals surface area contributed by atoms with Gasteiger partial charge in [0, 0.05) is 5.04 Å². The number of halogens is 3. The van der Waals surface area contributed by atoms with Gasteiger partial charge in [-0.2, -0.15) is 21.6 Å². The van der Waals surface area contributed by atoms with Crippen LogP contribution in [0.3, 0.4) is 0 Å². The summed E-state index contributed by atoms with van der Waals surface area (Å²) >= 11 is 0. The lowest BCUT2D eigenvalue weighted by Crippen LogP contribution is -2.61. The van der Waals surface area contributed by atoms with Crippen LogP contribution in [0.5, 0.6) is 0 Å². The highest BCUT2D eigenvalue weighted by Crippen LogP contribution is 2.50. The van der Waals surface area contributed by atoms with Crippen molar-refractivity contribution < 1.29 is 25.5 Å². The Labute approximate surface area is 143 Å². The van der Waals surface area contributed by atoms with Gasteiger partial charge in [-0.25, -0.2) is 0 Å². The van der Waals surface area contributed by atoms with E-state index in [0.717, 1.165) is 5.56 Å². The Morgan fingerprint density at radius 2 is 1.38 bits per heavy atom. The minimum atomic E-state index is -5.67. The number of alkyl halides is 3. The Morgan fingerprint density at radius 1 is 0.958 bits per heavy atom. The summed E-state index contributed by atoms with van der Waals surface area (Å²) in [6, 6.07) is 8.98. The fraction of sp³-hybridized carbons (Fsp3) is 0.625. The Kier molecular flexibility index (Phi) is 6.00. The van der Waals surface area contributed by atoms with Crippen molar-refractivity contribution in [2.24, 2.45) is 0 Å². The monoisotopic (exact) mass is 382 g/mol. The van der Waals surface area contributed by atoms with E-state index >= 15 is 0 Å². The Bertz CT molecular complexity index is 645. The van der Waals surface area contributed by atoms with Crippen LogP contribution in [-0.4, -0.2) is 22.2 Å². The third kappa shape index (κ3) is 3.55. The van der Waals surface area contributed by atoms with Gasteiger partial charge in [0.05, 0.1) is 0 Å². The first-order chi connectivity index (χ1) is 10.7. The molecule has 8 heteroatoms. The van der Waals surface area contributed by atoms with Crippen molar-refractivity contribution in [1.29, 1.82) is 0 Å². The third-order valence-electron chi connectivity index (χ3n) is 4.72. The molecule has 0 bridgehead atoms. The van der Waals surface area contributed by atoms with E-state index in [2.05, 4.69) is 0 Å². The molecule has 1 aromatic carbocycles. The highest BCUT2D eigenvalue weighted by atomic mass is 32.2. The van der Waals surface area contributed by atoms with Gasteiger partial charge >= 0.3 is 15.6 Å². The molecule has 0 aliphatic rings. The lowest BCUT2D eigenvalue weighted by atomic mass is 10.0. The van der Waals surface area contributed by atoms with Crippen molar-refractivity contribution in [3.05, 3.63) is 35.9 Å². The Morgan fingerprint density at radius 3 is 1.71 bits per heavy atom. The molecule has 0 heterocycles. The van der Waals surface area contributed by atoms with Gasteiger partial charge in [-0.3, -0.25) is 0 Å². The Balaban J connectivity index is 3.63. The van der Waals surface area contributed by atoms with Gasteiger partial charge in [0.1, 0.15) is 0 Å². The van der Waals surface area contributed by atoms with Gasteiger partial charge in [0.25, 0.3) is 0 Å². The second kappa shape index (κ2) is 6.80. The molecule has 0 saturated heterocycles. The summed E-state index contributed by atoms with van der Waals surface area (Å²) in [5.74, 6) is 0. The summed E-state index contributed by atoms with van der Waals surface area (Å²) < 4.78 is 67.8. The van der Waals surface area contributed by atoms with Crippen LogP contribution in [-0.2, 0) is 19.0 Å². The van der Waals surface area contributed by atoms with Gasteiger partial charge in [0.15, 0.2) is 0 Å². The van der Waals surface area contributed by atoms with E-state index in [9.17, 15) is 21.6 Å². The topological polar surface area (TPSA) is 43.4 Å². The predicted octanol–water partition coefficient (Wildman–Crippen LogP) is 5.14. The smallest absolute Gasteiger partial charge is 0.306 e. The van der Waals surface area contributed by atoms with Gasteiger partial charge in [-0.05, 0) is 16.6 Å². The summed E-state index contributed by atoms with van der Waals surface area (Å²) in [4.78, 5) is 0. The first-order valence-corrected chi connectivity index (χ1v) is 11.2. The molecule has 3 nitrogen and oxygen atoms in total. The molecule has 0 saturated carbocycles. The molecule has 24 heavy (non-hydrogen) atoms. The summed E-state index contributed by atoms with van der Waals surface area (Å²) in [6.45, 7) is 10.5. The number of hydrogen-bond acceptors (Lipinski definition) is 3. The van der Waals surface area contributed by atoms with Gasteiger partial charge < -0.3 is 3.87 Å². The van der Waals surface area contributed by atoms with Crippen LogP contribution in [0.2, 0.25) is 11.1 Å². The van der Waals surface area contributed by atoms with Gasteiger partial charge in [-0.15, -0.1) is 0 Å². The number of hydrogen-bond donors (Lipinski definition) is 0. The van der Waals surface area contributed by atoms with E-state index in [4.69, 9.17) is 3.87 Å². The SMILES string of the molecule is CC(C)[Si](OS(=O)(=O)C(F)(F)F)(C(C)C)C(C)(C)c1ccccc1. The normalized spacial score (nSPS) is 14.5. The van der Waals surface area contributed by atoms with Crippen molar-refractivity contribution in [1.82, 2.24) is 0 Å². The summed E-state index contributed by atoms with van der Waals surface area (Å²) in [5, 5.41) is -0.838. The first-order valence-electron chi connectivity index (χ1n) is 7.77. The zero-order valence-electron chi connectivity index (χ0n) is 14.8. The predicted molar refractivity (Wildman–Crippen MR) is 91.5 cm³/mol. The molecule has 0 N–H and O–H groups in total. The summed E-state index contributed by atoms with van der Waals surface area (Å²) in [7, 11) is -9.15. The van der Waals surface area contributed by atoms with Crippen molar-refractivity contribution in [3.63, 3.8) is 0 Å². The largest absolute Gasteiger partial charge is 0.522 e. The quantitative estimate of drug-likeness (QED) is 0.506. The van der Waals surface area contributed by atoms with Crippen molar-refractivity contribution in [2.45, 2.75) is 63.2 Å². The molecule has 1 rings (SSSR count). The molecule has 0 atom stereocenters. The fourth-order valence-corrected chi connectivity index (χ4v) is 12.8. The molecule has 0 fully saturated rings. The maximum absolute atomic E-state index is 13.0. The molecule has 0 aromatic heterocycles. The fourth-order valence-electron chi connectivity index (χ4n) is 3.72. The Hall–Kier alpha value is -0.863. The highest BCUT2D eigenvalue weighted by Gasteiger charge is 2.61. The van der Waals surface area contributed by atoms with Crippen LogP contribution in [0.1, 0.15) is 47.1 Å². The molecule has 0 aliphatic carbocycles. The number of rotatable bonds is 6. The maximum atomic E-state index is 13.0. The third-order valence-corrected chi connectivity index (χ3v) is 12.9. The second-order valence-electron chi connectivity index (χ2n) is 7.08.